The first-order valence-corrected chi connectivity index (χ1v) is 9.26. The maximum atomic E-state index is 12.5. The molecule has 4 aromatic carbocycles. The molecular weight excluding hydrogens is 344 g/mol. The van der Waals surface area contributed by atoms with Gasteiger partial charge in [0.1, 0.15) is 12.4 Å². The first kappa shape index (κ1) is 17.7. The van der Waals surface area contributed by atoms with Crippen molar-refractivity contribution in [1.29, 1.82) is 0 Å². The van der Waals surface area contributed by atoms with Crippen molar-refractivity contribution in [2.24, 2.45) is 0 Å². The number of fused-ring (bicyclic) bond motifs is 1. The molecule has 2 nitrogen and oxygen atoms in total. The van der Waals surface area contributed by atoms with Crippen LogP contribution in [0, 0.1) is 0 Å². The minimum absolute atomic E-state index is 0.00448. The van der Waals surface area contributed by atoms with E-state index >= 15 is 0 Å². The quantitative estimate of drug-likeness (QED) is 0.296. The molecule has 0 heterocycles. The first-order valence-electron chi connectivity index (χ1n) is 9.26. The van der Waals surface area contributed by atoms with Crippen LogP contribution >= 0.6 is 0 Å². The molecule has 0 aliphatic carbocycles. The highest BCUT2D eigenvalue weighted by atomic mass is 16.5. The summed E-state index contributed by atoms with van der Waals surface area (Å²) in [6.45, 7) is 0.538. The number of carbonyl (C=O) groups is 1. The Bertz CT molecular complexity index is 1110. The zero-order chi connectivity index (χ0) is 19.2. The minimum atomic E-state index is -0.00448. The molecule has 0 bridgehead atoms. The Balaban J connectivity index is 1.40. The summed E-state index contributed by atoms with van der Waals surface area (Å²) in [5.41, 5.74) is 2.78. The summed E-state index contributed by atoms with van der Waals surface area (Å²) in [4.78, 5) is 12.5. The van der Waals surface area contributed by atoms with E-state index in [1.54, 1.807) is 6.08 Å². The van der Waals surface area contributed by atoms with E-state index in [2.05, 4.69) is 0 Å². The van der Waals surface area contributed by atoms with Crippen LogP contribution in [0.15, 0.2) is 103 Å². The van der Waals surface area contributed by atoms with E-state index in [-0.39, 0.29) is 5.78 Å². The molecule has 0 atom stereocenters. The third kappa shape index (κ3) is 4.36. The third-order valence-corrected chi connectivity index (χ3v) is 4.59. The van der Waals surface area contributed by atoms with Gasteiger partial charge in [0.25, 0.3) is 0 Å². The molecule has 0 aliphatic heterocycles. The fourth-order valence-corrected chi connectivity index (χ4v) is 3.03. The molecule has 0 N–H and O–H groups in total. The summed E-state index contributed by atoms with van der Waals surface area (Å²) in [6, 6.07) is 31.6. The van der Waals surface area contributed by atoms with Crippen molar-refractivity contribution >= 4 is 22.6 Å². The van der Waals surface area contributed by atoms with Gasteiger partial charge in [-0.05, 0) is 46.2 Å². The number of ketones is 1. The summed E-state index contributed by atoms with van der Waals surface area (Å²) in [5.74, 6) is 0.803. The lowest BCUT2D eigenvalue weighted by Crippen LogP contribution is -1.95. The van der Waals surface area contributed by atoms with Crippen LogP contribution in [0.25, 0.3) is 16.8 Å². The Morgan fingerprint density at radius 3 is 2.25 bits per heavy atom. The van der Waals surface area contributed by atoms with Gasteiger partial charge in [-0.15, -0.1) is 0 Å². The minimum Gasteiger partial charge on any atom is -0.489 e. The summed E-state index contributed by atoms with van der Waals surface area (Å²) in [6.07, 6.45) is 3.45. The molecule has 0 unspecified atom stereocenters. The molecular formula is C26H20O2. The Kier molecular flexibility index (Phi) is 5.30. The number of hydrogen-bond acceptors (Lipinski definition) is 2. The fourth-order valence-electron chi connectivity index (χ4n) is 3.03. The highest BCUT2D eigenvalue weighted by molar-refractivity contribution is 6.08. The summed E-state index contributed by atoms with van der Waals surface area (Å²) in [5, 5.41) is 2.20. The van der Waals surface area contributed by atoms with Crippen LogP contribution in [-0.2, 0) is 6.61 Å². The molecule has 0 amide bonds. The number of benzene rings is 4. The largest absolute Gasteiger partial charge is 0.489 e. The molecule has 136 valence electrons. The van der Waals surface area contributed by atoms with Crippen molar-refractivity contribution in [3.63, 3.8) is 0 Å². The van der Waals surface area contributed by atoms with E-state index < -0.39 is 0 Å². The van der Waals surface area contributed by atoms with Gasteiger partial charge in [0.05, 0.1) is 0 Å². The van der Waals surface area contributed by atoms with Crippen LogP contribution < -0.4 is 4.74 Å². The third-order valence-electron chi connectivity index (χ3n) is 4.59. The van der Waals surface area contributed by atoms with Gasteiger partial charge in [0.15, 0.2) is 5.78 Å². The van der Waals surface area contributed by atoms with Gasteiger partial charge in [0, 0.05) is 5.56 Å². The van der Waals surface area contributed by atoms with Crippen molar-refractivity contribution in [3.05, 3.63) is 120 Å². The zero-order valence-electron chi connectivity index (χ0n) is 15.4. The van der Waals surface area contributed by atoms with Gasteiger partial charge in [0.2, 0.25) is 0 Å². The van der Waals surface area contributed by atoms with Crippen LogP contribution in [0.1, 0.15) is 21.5 Å². The summed E-state index contributed by atoms with van der Waals surface area (Å²) < 4.78 is 5.79. The number of allylic oxidation sites excluding steroid dienone is 1. The van der Waals surface area contributed by atoms with Crippen molar-refractivity contribution < 1.29 is 9.53 Å². The molecule has 0 aromatic heterocycles. The number of carbonyl (C=O) groups excluding carboxylic acids is 1. The Morgan fingerprint density at radius 1 is 0.750 bits per heavy atom. The van der Waals surface area contributed by atoms with Gasteiger partial charge in [-0.2, -0.15) is 0 Å². The molecule has 4 rings (SSSR count). The molecule has 0 aliphatic rings. The molecule has 0 fully saturated rings. The Morgan fingerprint density at radius 2 is 1.46 bits per heavy atom. The number of rotatable bonds is 6. The van der Waals surface area contributed by atoms with Crippen LogP contribution in [0.3, 0.4) is 0 Å². The van der Waals surface area contributed by atoms with E-state index in [4.69, 9.17) is 4.74 Å². The van der Waals surface area contributed by atoms with E-state index in [0.29, 0.717) is 12.2 Å². The van der Waals surface area contributed by atoms with Crippen LogP contribution in [0.2, 0.25) is 0 Å². The fraction of sp³-hybridized carbons (Fsp3) is 0.0385. The highest BCUT2D eigenvalue weighted by Gasteiger charge is 2.03. The van der Waals surface area contributed by atoms with Gasteiger partial charge in [-0.25, -0.2) is 0 Å². The van der Waals surface area contributed by atoms with Crippen molar-refractivity contribution in [1.82, 2.24) is 0 Å². The molecule has 28 heavy (non-hydrogen) atoms. The van der Waals surface area contributed by atoms with E-state index in [1.807, 2.05) is 103 Å². The normalized spacial score (nSPS) is 11.0. The lowest BCUT2D eigenvalue weighted by Gasteiger charge is -2.06. The number of ether oxygens (including phenoxy) is 1. The zero-order valence-corrected chi connectivity index (χ0v) is 15.4. The second-order valence-electron chi connectivity index (χ2n) is 6.60. The average molecular weight is 364 g/mol. The second kappa shape index (κ2) is 8.36. The lowest BCUT2D eigenvalue weighted by molar-refractivity contribution is 0.104. The molecule has 0 saturated heterocycles. The van der Waals surface area contributed by atoms with Gasteiger partial charge < -0.3 is 4.74 Å². The van der Waals surface area contributed by atoms with Gasteiger partial charge in [-0.1, -0.05) is 84.9 Å². The molecule has 2 heteroatoms. The second-order valence-corrected chi connectivity index (χ2v) is 6.60. The Labute approximate surface area is 164 Å². The maximum Gasteiger partial charge on any atom is 0.185 e. The van der Waals surface area contributed by atoms with Crippen molar-refractivity contribution in [2.45, 2.75) is 6.61 Å². The summed E-state index contributed by atoms with van der Waals surface area (Å²) in [7, 11) is 0. The van der Waals surface area contributed by atoms with Gasteiger partial charge >= 0.3 is 0 Å². The van der Waals surface area contributed by atoms with E-state index in [9.17, 15) is 4.79 Å². The summed E-state index contributed by atoms with van der Waals surface area (Å²) >= 11 is 0. The smallest absolute Gasteiger partial charge is 0.185 e. The predicted octanol–water partition coefficient (Wildman–Crippen LogP) is 6.31. The van der Waals surface area contributed by atoms with Crippen LogP contribution in [0.5, 0.6) is 5.75 Å². The topological polar surface area (TPSA) is 26.3 Å². The van der Waals surface area contributed by atoms with Crippen LogP contribution in [-0.4, -0.2) is 5.78 Å². The molecule has 0 spiro atoms. The van der Waals surface area contributed by atoms with Crippen molar-refractivity contribution in [3.8, 4) is 5.75 Å². The first-order chi connectivity index (χ1) is 13.8. The lowest BCUT2D eigenvalue weighted by atomic mass is 10.0. The molecule has 4 aromatic rings. The monoisotopic (exact) mass is 364 g/mol. The molecule has 0 saturated carbocycles. The number of hydrogen-bond donors (Lipinski definition) is 0. The highest BCUT2D eigenvalue weighted by Crippen LogP contribution is 2.18. The van der Waals surface area contributed by atoms with Crippen LogP contribution in [0.4, 0.5) is 0 Å². The van der Waals surface area contributed by atoms with E-state index in [0.717, 1.165) is 27.6 Å². The Hall–Kier alpha value is -3.65. The molecule has 0 radical (unpaired) electrons. The average Bonchev–Trinajstić information content (AvgIpc) is 2.77. The standard InChI is InChI=1S/C26H20O2/c27-26(24-14-13-22-8-4-5-9-23(22)18-24)17-12-20-10-15-25(16-11-20)28-19-21-6-2-1-3-7-21/h1-18H,19H2/b17-12+. The SMILES string of the molecule is O=C(/C=C/c1ccc(OCc2ccccc2)cc1)c1ccc2ccccc2c1. The van der Waals surface area contributed by atoms with Gasteiger partial charge in [-0.3, -0.25) is 4.79 Å². The van der Waals surface area contributed by atoms with Crippen molar-refractivity contribution in [2.75, 3.05) is 0 Å². The predicted molar refractivity (Wildman–Crippen MR) is 115 cm³/mol. The maximum absolute atomic E-state index is 12.5. The van der Waals surface area contributed by atoms with E-state index in [1.165, 1.54) is 0 Å².